The number of unbranched alkanes of at least 4 members (excludes halogenated alkanes) is 6. The molecular weight excluding hydrogens is 311 g/mol. The van der Waals surface area contributed by atoms with Gasteiger partial charge in [0, 0.05) is 5.75 Å². The van der Waals surface area contributed by atoms with Crippen molar-refractivity contribution in [3.63, 3.8) is 0 Å². The molecule has 0 aromatic heterocycles. The summed E-state index contributed by atoms with van der Waals surface area (Å²) in [5.41, 5.74) is 0. The Kier molecular flexibility index (Phi) is 19.4. The van der Waals surface area contributed by atoms with Crippen molar-refractivity contribution < 1.29 is 9.09 Å². The fraction of sp³-hybridized carbons (Fsp3) is 1.00. The maximum absolute atomic E-state index is 11.9. The van der Waals surface area contributed by atoms with E-state index in [1.807, 2.05) is 0 Å². The molecule has 0 N–H and O–H groups in total. The standard InChI is InChI=1S/C12H27O2PS2.Ca.2H/c1-3-5-7-9-11-14-15(13,16)17-12-10-8-6-4-2;;;/h3-12H2,1-2H3,(H,13,16);;;. The Bertz CT molecular complexity index is 200. The van der Waals surface area contributed by atoms with Gasteiger partial charge in [-0.05, 0) is 12.8 Å². The van der Waals surface area contributed by atoms with Crippen LogP contribution >= 0.6 is 29.4 Å². The Morgan fingerprint density at radius 2 is 1.56 bits per heavy atom. The van der Waals surface area contributed by atoms with Crippen LogP contribution in [0.3, 0.4) is 0 Å². The van der Waals surface area contributed by atoms with Crippen molar-refractivity contribution in [3.05, 3.63) is 0 Å². The van der Waals surface area contributed by atoms with E-state index >= 15 is 0 Å². The van der Waals surface area contributed by atoms with Crippen molar-refractivity contribution in [1.29, 1.82) is 0 Å². The van der Waals surface area contributed by atoms with Gasteiger partial charge in [-0.15, -0.1) is 0 Å². The second-order valence-electron chi connectivity index (χ2n) is 4.26. The SMILES string of the molecule is CCCCCCOP(=O)(S)SCCCCCC.[CaH2]. The first-order valence-electron chi connectivity index (χ1n) is 6.74. The zero-order chi connectivity index (χ0) is 13.0. The molecule has 0 fully saturated rings. The van der Waals surface area contributed by atoms with E-state index in [1.165, 1.54) is 43.5 Å². The van der Waals surface area contributed by atoms with Gasteiger partial charge in [0.2, 0.25) is 0 Å². The minimum absolute atomic E-state index is 0. The number of hydrogen-bond acceptors (Lipinski definition) is 3. The van der Waals surface area contributed by atoms with Crippen molar-refractivity contribution in [2.75, 3.05) is 12.4 Å². The molecule has 2 nitrogen and oxygen atoms in total. The van der Waals surface area contributed by atoms with Gasteiger partial charge in [0.1, 0.15) is 0 Å². The molecule has 0 radical (unpaired) electrons. The predicted molar refractivity (Wildman–Crippen MR) is 91.8 cm³/mol. The van der Waals surface area contributed by atoms with E-state index in [2.05, 4.69) is 26.1 Å². The van der Waals surface area contributed by atoms with Crippen molar-refractivity contribution in [2.45, 2.75) is 65.2 Å². The van der Waals surface area contributed by atoms with E-state index in [-0.39, 0.29) is 37.7 Å². The molecule has 0 aromatic carbocycles. The van der Waals surface area contributed by atoms with Crippen molar-refractivity contribution in [3.8, 4) is 0 Å². The monoisotopic (exact) mass is 340 g/mol. The molecule has 0 spiro atoms. The Morgan fingerprint density at radius 1 is 1.00 bits per heavy atom. The van der Waals surface area contributed by atoms with E-state index in [4.69, 9.17) is 4.52 Å². The summed E-state index contributed by atoms with van der Waals surface area (Å²) in [6.45, 7) is 4.95. The average Bonchev–Trinajstić information content (AvgIpc) is 2.28. The van der Waals surface area contributed by atoms with Gasteiger partial charge in [0.15, 0.2) is 0 Å². The van der Waals surface area contributed by atoms with Crippen LogP contribution in [0.5, 0.6) is 0 Å². The Balaban J connectivity index is 0. The minimum atomic E-state index is -2.68. The second kappa shape index (κ2) is 15.5. The molecule has 0 aliphatic heterocycles. The van der Waals surface area contributed by atoms with Crippen LogP contribution in [-0.4, -0.2) is 50.1 Å². The summed E-state index contributed by atoms with van der Waals surface area (Å²) in [6.07, 6.45) is 9.41. The first-order valence-corrected chi connectivity index (χ1v) is 11.1. The Hall–Kier alpha value is 2.15. The van der Waals surface area contributed by atoms with Gasteiger partial charge in [0.25, 0.3) is 0 Å². The molecule has 6 heteroatoms. The fourth-order valence-corrected chi connectivity index (χ4v) is 4.96. The van der Waals surface area contributed by atoms with Gasteiger partial charge in [-0.1, -0.05) is 76.0 Å². The molecule has 0 aromatic rings. The van der Waals surface area contributed by atoms with Crippen molar-refractivity contribution in [2.24, 2.45) is 0 Å². The molecule has 1 atom stereocenters. The normalized spacial score (nSPS) is 13.9. The van der Waals surface area contributed by atoms with E-state index in [0.717, 1.165) is 25.0 Å². The van der Waals surface area contributed by atoms with Gasteiger partial charge >= 0.3 is 43.5 Å². The van der Waals surface area contributed by atoms with Crippen LogP contribution in [-0.2, 0) is 9.09 Å². The quantitative estimate of drug-likeness (QED) is 0.234. The van der Waals surface area contributed by atoms with Gasteiger partial charge < -0.3 is 4.52 Å². The molecule has 0 aliphatic rings. The number of rotatable bonds is 12. The van der Waals surface area contributed by atoms with Gasteiger partial charge in [-0.25, -0.2) is 0 Å². The van der Waals surface area contributed by atoms with Crippen LogP contribution in [0, 0.1) is 0 Å². The van der Waals surface area contributed by atoms with E-state index in [0.29, 0.717) is 6.61 Å². The Labute approximate surface area is 152 Å². The van der Waals surface area contributed by atoms with Crippen molar-refractivity contribution >= 4 is 67.1 Å². The number of hydrogen-bond donors (Lipinski definition) is 1. The van der Waals surface area contributed by atoms with Crippen molar-refractivity contribution in [1.82, 2.24) is 0 Å². The average molecular weight is 341 g/mol. The maximum atomic E-state index is 11.9. The summed E-state index contributed by atoms with van der Waals surface area (Å²) < 4.78 is 17.2. The first kappa shape index (κ1) is 22.4. The molecule has 0 bridgehead atoms. The van der Waals surface area contributed by atoms with Gasteiger partial charge in [-0.2, -0.15) is 0 Å². The first-order chi connectivity index (χ1) is 8.12. The van der Waals surface area contributed by atoms with Crippen LogP contribution < -0.4 is 0 Å². The summed E-state index contributed by atoms with van der Waals surface area (Å²) in [4.78, 5) is 0. The number of thiol groups is 1. The summed E-state index contributed by atoms with van der Waals surface area (Å²) >= 11 is 5.52. The van der Waals surface area contributed by atoms with Crippen LogP contribution in [0.1, 0.15) is 65.2 Å². The van der Waals surface area contributed by atoms with Crippen LogP contribution in [0.2, 0.25) is 0 Å². The molecule has 0 rings (SSSR count). The Morgan fingerprint density at radius 3 is 2.11 bits per heavy atom. The molecule has 1 unspecified atom stereocenters. The van der Waals surface area contributed by atoms with Crippen LogP contribution in [0.25, 0.3) is 0 Å². The summed E-state index contributed by atoms with van der Waals surface area (Å²) in [5, 5.41) is 0. The van der Waals surface area contributed by atoms with E-state index < -0.39 is 5.77 Å². The summed E-state index contributed by atoms with van der Waals surface area (Å²) in [7, 11) is 0. The fourth-order valence-electron chi connectivity index (χ4n) is 1.45. The second-order valence-corrected chi connectivity index (χ2v) is 10.7. The van der Waals surface area contributed by atoms with Crippen LogP contribution in [0.15, 0.2) is 0 Å². The third kappa shape index (κ3) is 16.2. The molecule has 18 heavy (non-hydrogen) atoms. The van der Waals surface area contributed by atoms with E-state index in [1.54, 1.807) is 0 Å². The molecule has 0 saturated heterocycles. The zero-order valence-corrected chi connectivity index (χ0v) is 13.8. The topological polar surface area (TPSA) is 26.3 Å². The molecule has 0 amide bonds. The van der Waals surface area contributed by atoms with Gasteiger partial charge in [0.05, 0.1) is 6.61 Å². The molecule has 0 heterocycles. The third-order valence-corrected chi connectivity index (χ3v) is 7.04. The summed E-state index contributed by atoms with van der Waals surface area (Å²) in [6, 6.07) is 0. The third-order valence-electron chi connectivity index (χ3n) is 2.50. The van der Waals surface area contributed by atoms with Crippen LogP contribution in [0.4, 0.5) is 0 Å². The summed E-state index contributed by atoms with van der Waals surface area (Å²) in [5.74, 6) is -1.78. The zero-order valence-electron chi connectivity index (χ0n) is 11.2. The molecule has 0 aliphatic carbocycles. The van der Waals surface area contributed by atoms with E-state index in [9.17, 15) is 4.57 Å². The molecule has 0 saturated carbocycles. The molecular formula is C12H29CaO2PS2. The van der Waals surface area contributed by atoms with Gasteiger partial charge in [-0.3, -0.25) is 4.57 Å². The molecule has 108 valence electrons. The predicted octanol–water partition coefficient (Wildman–Crippen LogP) is 5.02.